The summed E-state index contributed by atoms with van der Waals surface area (Å²) in [4.78, 5) is 32.9. The topological polar surface area (TPSA) is 217 Å². The number of benzene rings is 3. The first kappa shape index (κ1) is 32.3. The van der Waals surface area contributed by atoms with Crippen molar-refractivity contribution in [2.24, 2.45) is 0 Å². The van der Waals surface area contributed by atoms with Crippen LogP contribution < -0.4 is 27.0 Å². The molecule has 49 heavy (non-hydrogen) atoms. The minimum Gasteiger partial charge on any atom is -0.465 e. The number of nitrogens with two attached hydrogens (primary N) is 2. The number of nitrogens with zero attached hydrogens (tertiary/aromatic N) is 5. The van der Waals surface area contributed by atoms with Gasteiger partial charge in [-0.3, -0.25) is 20.4 Å². The van der Waals surface area contributed by atoms with E-state index in [4.69, 9.17) is 23.1 Å². The number of hydrogen-bond donors (Lipinski definition) is 7. The minimum atomic E-state index is -1.03. The maximum Gasteiger partial charge on any atom is 0.412 e. The van der Waals surface area contributed by atoms with E-state index in [0.717, 1.165) is 44.1 Å². The van der Waals surface area contributed by atoms with Crippen molar-refractivity contribution in [3.05, 3.63) is 102 Å². The third-order valence-corrected chi connectivity index (χ3v) is 7.78. The number of fused-ring (bicyclic) bond motifs is 2. The van der Waals surface area contributed by atoms with Crippen LogP contribution in [0, 0.1) is 0 Å². The molecule has 9 N–H and O–H groups in total. The van der Waals surface area contributed by atoms with Gasteiger partial charge in [0.2, 0.25) is 0 Å². The summed E-state index contributed by atoms with van der Waals surface area (Å²) in [6.07, 6.45) is 2.21. The number of aromatic nitrogens is 6. The fourth-order valence-electron chi connectivity index (χ4n) is 5.06. The zero-order valence-electron chi connectivity index (χ0n) is 26.0. The van der Waals surface area contributed by atoms with Crippen molar-refractivity contribution < 1.29 is 14.7 Å². The summed E-state index contributed by atoms with van der Waals surface area (Å²) in [6, 6.07) is 25.2. The van der Waals surface area contributed by atoms with Crippen LogP contribution in [0.5, 0.6) is 0 Å². The molecular weight excluding hydrogens is 646 g/mol. The van der Waals surface area contributed by atoms with Crippen LogP contribution in [0.3, 0.4) is 0 Å². The second-order valence-electron chi connectivity index (χ2n) is 10.7. The molecule has 0 aliphatic rings. The predicted octanol–water partition coefficient (Wildman–Crippen LogP) is 7.22. The van der Waals surface area contributed by atoms with Crippen LogP contribution in [0.25, 0.3) is 44.1 Å². The van der Waals surface area contributed by atoms with E-state index in [1.807, 2.05) is 48.5 Å². The molecule has 4 aromatic heterocycles. The Bertz CT molecular complexity index is 2290. The Kier molecular flexibility index (Phi) is 9.21. The highest BCUT2D eigenvalue weighted by molar-refractivity contribution is 6.30. The number of nitrogens with one attached hydrogen (secondary N) is 4. The van der Waals surface area contributed by atoms with Crippen molar-refractivity contribution in [1.29, 1.82) is 0 Å². The Morgan fingerprint density at radius 1 is 0.755 bits per heavy atom. The maximum absolute atomic E-state index is 12.2. The van der Waals surface area contributed by atoms with Crippen LogP contribution in [0.15, 0.2) is 97.3 Å². The Labute approximate surface area is 284 Å². The van der Waals surface area contributed by atoms with Crippen LogP contribution in [0.2, 0.25) is 5.02 Å². The Morgan fingerprint density at radius 2 is 1.31 bits per heavy atom. The van der Waals surface area contributed by atoms with Gasteiger partial charge >= 0.3 is 12.1 Å². The van der Waals surface area contributed by atoms with E-state index in [1.54, 1.807) is 55.7 Å². The predicted molar refractivity (Wildman–Crippen MR) is 193 cm³/mol. The fraction of sp³-hybridized carbons (Fsp3) is 0.0588. The SMILES string of the molecule is CCN(C(=O)O)c1cc(-c2ccc3[nH]nc(N)c3c2)ccn1.Nc1n[nH]c2ccc(-c3ccnc(NC(=O)Nc4ccc(Cl)cc4)c3)cc12. The van der Waals surface area contributed by atoms with Crippen molar-refractivity contribution in [3.63, 3.8) is 0 Å². The van der Waals surface area contributed by atoms with E-state index < -0.39 is 12.1 Å². The fourth-order valence-corrected chi connectivity index (χ4v) is 5.18. The Balaban J connectivity index is 0.000000174. The summed E-state index contributed by atoms with van der Waals surface area (Å²) in [6.45, 7) is 2.10. The van der Waals surface area contributed by atoms with Gasteiger partial charge in [-0.1, -0.05) is 23.7 Å². The van der Waals surface area contributed by atoms with Gasteiger partial charge in [0.05, 0.1) is 11.0 Å². The zero-order valence-corrected chi connectivity index (χ0v) is 26.7. The number of carbonyl (C=O) groups is 2. The van der Waals surface area contributed by atoms with Crippen LogP contribution in [-0.2, 0) is 0 Å². The monoisotopic (exact) mass is 675 g/mol. The quantitative estimate of drug-likeness (QED) is 0.0945. The van der Waals surface area contributed by atoms with Gasteiger partial charge in [-0.2, -0.15) is 10.2 Å². The summed E-state index contributed by atoms with van der Waals surface area (Å²) in [7, 11) is 0. The molecule has 0 saturated heterocycles. The number of aromatic amines is 2. The van der Waals surface area contributed by atoms with E-state index in [1.165, 1.54) is 4.90 Å². The number of urea groups is 1. The lowest BCUT2D eigenvalue weighted by atomic mass is 10.0. The van der Waals surface area contributed by atoms with Crippen LogP contribution in [0.1, 0.15) is 6.92 Å². The maximum atomic E-state index is 12.2. The highest BCUT2D eigenvalue weighted by Gasteiger charge is 2.14. The standard InChI is InChI=1S/C19H15ClN6O.C15H15N5O2/c20-13-2-4-14(5-3-13)23-19(27)24-17-10-12(7-8-22-17)11-1-6-16-15(9-11)18(21)26-25-16;1-2-20(15(21)22)13-8-10(5-6-17-13)9-3-4-12-11(7-9)14(16)19-18-12/h1-10H,(H3,21,25,26)(H2,22,23,24,27);3-8H,2H2,1H3,(H,21,22)(H3,16,18,19). The molecule has 0 aliphatic carbocycles. The molecule has 0 radical (unpaired) electrons. The Hall–Kier alpha value is -6.67. The van der Waals surface area contributed by atoms with Gasteiger partial charge in [0.15, 0.2) is 11.6 Å². The second kappa shape index (κ2) is 14.0. The van der Waals surface area contributed by atoms with Gasteiger partial charge in [0.1, 0.15) is 11.6 Å². The number of rotatable bonds is 6. The molecule has 0 fully saturated rings. The van der Waals surface area contributed by atoms with Gasteiger partial charge in [0, 0.05) is 40.4 Å². The molecule has 0 atom stereocenters. The molecule has 15 heteroatoms. The highest BCUT2D eigenvalue weighted by atomic mass is 35.5. The van der Waals surface area contributed by atoms with Crippen LogP contribution in [-0.4, -0.2) is 54.1 Å². The number of carbonyl (C=O) groups excluding carboxylic acids is 1. The molecule has 14 nitrogen and oxygen atoms in total. The molecule has 4 heterocycles. The van der Waals surface area contributed by atoms with Gasteiger partial charge in [-0.15, -0.1) is 0 Å². The van der Waals surface area contributed by atoms with E-state index in [9.17, 15) is 14.7 Å². The van der Waals surface area contributed by atoms with Crippen molar-refractivity contribution in [1.82, 2.24) is 30.4 Å². The number of hydrogen-bond acceptors (Lipinski definition) is 8. The van der Waals surface area contributed by atoms with E-state index >= 15 is 0 Å². The largest absolute Gasteiger partial charge is 0.465 e. The van der Waals surface area contributed by atoms with E-state index in [2.05, 4.69) is 41.0 Å². The average Bonchev–Trinajstić information content (AvgIpc) is 3.67. The lowest BCUT2D eigenvalue weighted by molar-refractivity contribution is 0.202. The van der Waals surface area contributed by atoms with Crippen molar-refractivity contribution in [2.75, 3.05) is 33.5 Å². The molecule has 0 aliphatic heterocycles. The van der Waals surface area contributed by atoms with Gasteiger partial charge in [-0.25, -0.2) is 19.6 Å². The smallest absolute Gasteiger partial charge is 0.412 e. The molecular formula is C34H30ClN11O3. The molecule has 3 aromatic carbocycles. The lowest BCUT2D eigenvalue weighted by Gasteiger charge is -2.16. The molecule has 3 amide bonds. The molecule has 0 saturated carbocycles. The number of pyridine rings is 2. The molecule has 0 spiro atoms. The molecule has 7 rings (SSSR count). The molecule has 7 aromatic rings. The lowest BCUT2D eigenvalue weighted by Crippen LogP contribution is -2.29. The first-order valence-electron chi connectivity index (χ1n) is 14.9. The third kappa shape index (κ3) is 7.34. The second-order valence-corrected chi connectivity index (χ2v) is 11.1. The normalized spacial score (nSPS) is 10.7. The minimum absolute atomic E-state index is 0.333. The summed E-state index contributed by atoms with van der Waals surface area (Å²) >= 11 is 5.84. The molecule has 0 unspecified atom stereocenters. The highest BCUT2D eigenvalue weighted by Crippen LogP contribution is 2.29. The van der Waals surface area contributed by atoms with Gasteiger partial charge in [-0.05, 0) is 102 Å². The number of amides is 3. The average molecular weight is 676 g/mol. The number of H-pyrrole nitrogens is 2. The zero-order chi connectivity index (χ0) is 34.5. The van der Waals surface area contributed by atoms with Crippen molar-refractivity contribution >= 4 is 74.5 Å². The Morgan fingerprint density at radius 3 is 1.88 bits per heavy atom. The van der Waals surface area contributed by atoms with Gasteiger partial charge < -0.3 is 21.9 Å². The van der Waals surface area contributed by atoms with Crippen LogP contribution in [0.4, 0.5) is 38.5 Å². The van der Waals surface area contributed by atoms with Gasteiger partial charge in [0.25, 0.3) is 0 Å². The summed E-state index contributed by atoms with van der Waals surface area (Å²) in [5.41, 5.74) is 17.7. The number of anilines is 5. The first-order valence-corrected chi connectivity index (χ1v) is 15.3. The van der Waals surface area contributed by atoms with E-state index in [0.29, 0.717) is 40.5 Å². The van der Waals surface area contributed by atoms with Crippen molar-refractivity contribution in [3.8, 4) is 22.3 Å². The number of nitrogen functional groups attached to an aromatic ring is 2. The number of carboxylic acid groups (broad SMARTS) is 1. The molecule has 246 valence electrons. The first-order chi connectivity index (χ1) is 23.7. The van der Waals surface area contributed by atoms with Crippen LogP contribution >= 0.6 is 11.6 Å². The number of halogens is 1. The van der Waals surface area contributed by atoms with Crippen molar-refractivity contribution in [2.45, 2.75) is 6.92 Å². The van der Waals surface area contributed by atoms with E-state index in [-0.39, 0.29) is 0 Å². The summed E-state index contributed by atoms with van der Waals surface area (Å²) < 4.78 is 0. The third-order valence-electron chi connectivity index (χ3n) is 7.52. The molecule has 0 bridgehead atoms. The summed E-state index contributed by atoms with van der Waals surface area (Å²) in [5, 5.41) is 30.6. The summed E-state index contributed by atoms with van der Waals surface area (Å²) in [5.74, 6) is 1.71.